The first-order valence-corrected chi connectivity index (χ1v) is 8.54. The summed E-state index contributed by atoms with van der Waals surface area (Å²) in [5, 5.41) is 3.20. The summed E-state index contributed by atoms with van der Waals surface area (Å²) in [6.45, 7) is 3.04. The average Bonchev–Trinajstić information content (AvgIpc) is 2.95. The van der Waals surface area contributed by atoms with E-state index in [0.717, 1.165) is 38.6 Å². The van der Waals surface area contributed by atoms with Gasteiger partial charge in [0.15, 0.2) is 0 Å². The second-order valence-corrected chi connectivity index (χ2v) is 7.19. The Morgan fingerprint density at radius 3 is 2.15 bits per heavy atom. The van der Waals surface area contributed by atoms with Gasteiger partial charge in [0.2, 0.25) is 5.91 Å². The number of nitrogens with two attached hydrogens (primary N) is 1. The molecule has 20 heavy (non-hydrogen) atoms. The third kappa shape index (κ3) is 3.00. The van der Waals surface area contributed by atoms with Gasteiger partial charge in [-0.2, -0.15) is 0 Å². The molecule has 0 spiro atoms. The number of hydrogen-bond donors (Lipinski definition) is 2. The van der Waals surface area contributed by atoms with Gasteiger partial charge in [0.25, 0.3) is 0 Å². The summed E-state index contributed by atoms with van der Waals surface area (Å²) < 4.78 is 0. The quantitative estimate of drug-likeness (QED) is 0.765. The predicted molar refractivity (Wildman–Crippen MR) is 86.5 cm³/mol. The molecule has 0 bridgehead atoms. The molecule has 0 aromatic carbocycles. The van der Waals surface area contributed by atoms with E-state index in [4.69, 9.17) is 18.0 Å². The van der Waals surface area contributed by atoms with Crippen LogP contribution in [0.5, 0.6) is 0 Å². The maximum absolute atomic E-state index is 12.7. The molecule has 2 aliphatic rings. The number of amides is 1. The van der Waals surface area contributed by atoms with Crippen molar-refractivity contribution in [2.45, 2.75) is 71.1 Å². The zero-order valence-corrected chi connectivity index (χ0v) is 13.5. The van der Waals surface area contributed by atoms with Crippen LogP contribution in [0.4, 0.5) is 0 Å². The summed E-state index contributed by atoms with van der Waals surface area (Å²) in [5.74, 6) is 0.0874. The van der Waals surface area contributed by atoms with Crippen molar-refractivity contribution < 1.29 is 4.79 Å². The molecule has 0 aromatic rings. The van der Waals surface area contributed by atoms with E-state index in [2.05, 4.69) is 12.2 Å². The highest BCUT2D eigenvalue weighted by Gasteiger charge is 2.43. The van der Waals surface area contributed by atoms with Crippen molar-refractivity contribution in [2.24, 2.45) is 16.6 Å². The first kappa shape index (κ1) is 15.7. The summed E-state index contributed by atoms with van der Waals surface area (Å²) in [6, 6.07) is 0. The molecule has 0 saturated heterocycles. The number of hydrogen-bond acceptors (Lipinski definition) is 2. The smallest absolute Gasteiger partial charge is 0.233 e. The van der Waals surface area contributed by atoms with Gasteiger partial charge in [-0.05, 0) is 37.5 Å². The lowest BCUT2D eigenvalue weighted by molar-refractivity contribution is -0.129. The largest absolute Gasteiger partial charge is 0.392 e. The fourth-order valence-electron chi connectivity index (χ4n) is 3.96. The molecule has 0 aromatic heterocycles. The van der Waals surface area contributed by atoms with Crippen LogP contribution in [0.3, 0.4) is 0 Å². The average molecular weight is 296 g/mol. The molecule has 114 valence electrons. The Morgan fingerprint density at radius 2 is 1.65 bits per heavy atom. The predicted octanol–water partition coefficient (Wildman–Crippen LogP) is 3.31. The van der Waals surface area contributed by atoms with Crippen molar-refractivity contribution in [2.75, 3.05) is 6.54 Å². The highest BCUT2D eigenvalue weighted by molar-refractivity contribution is 7.80. The summed E-state index contributed by atoms with van der Waals surface area (Å²) in [7, 11) is 0. The van der Waals surface area contributed by atoms with Crippen molar-refractivity contribution in [3.63, 3.8) is 0 Å². The van der Waals surface area contributed by atoms with E-state index in [0.29, 0.717) is 10.4 Å². The zero-order chi connectivity index (χ0) is 14.6. The molecule has 1 amide bonds. The molecule has 0 heterocycles. The highest BCUT2D eigenvalue weighted by atomic mass is 32.1. The molecule has 2 saturated carbocycles. The maximum Gasteiger partial charge on any atom is 0.233 e. The van der Waals surface area contributed by atoms with E-state index >= 15 is 0 Å². The Bertz CT molecular complexity index is 369. The van der Waals surface area contributed by atoms with Crippen LogP contribution in [-0.2, 0) is 4.79 Å². The number of nitrogens with one attached hydrogen (secondary N) is 1. The van der Waals surface area contributed by atoms with Gasteiger partial charge in [-0.25, -0.2) is 0 Å². The summed E-state index contributed by atoms with van der Waals surface area (Å²) >= 11 is 5.23. The van der Waals surface area contributed by atoms with Gasteiger partial charge >= 0.3 is 0 Å². The van der Waals surface area contributed by atoms with E-state index < -0.39 is 5.41 Å². The van der Waals surface area contributed by atoms with Crippen LogP contribution in [0.25, 0.3) is 0 Å². The Hall–Kier alpha value is -0.640. The third-order valence-corrected chi connectivity index (χ3v) is 6.04. The minimum Gasteiger partial charge on any atom is -0.392 e. The molecule has 0 aliphatic heterocycles. The summed E-state index contributed by atoms with van der Waals surface area (Å²) in [6.07, 6.45) is 11.2. The number of rotatable bonds is 5. The van der Waals surface area contributed by atoms with Crippen LogP contribution in [-0.4, -0.2) is 17.4 Å². The lowest BCUT2D eigenvalue weighted by atomic mass is 9.73. The molecule has 3 N–H and O–H groups in total. The Morgan fingerprint density at radius 1 is 1.10 bits per heavy atom. The molecule has 0 atom stereocenters. The van der Waals surface area contributed by atoms with E-state index in [1.54, 1.807) is 0 Å². The molecular weight excluding hydrogens is 268 g/mol. The Kier molecular flexibility index (Phi) is 5.05. The van der Waals surface area contributed by atoms with Gasteiger partial charge in [-0.15, -0.1) is 0 Å². The SMILES string of the molecule is CCC1(CNC(=O)C2(C(N)=S)CCCCC2)CCCC1. The minimum absolute atomic E-state index is 0.0874. The molecule has 0 unspecified atom stereocenters. The van der Waals surface area contributed by atoms with Crippen LogP contribution < -0.4 is 11.1 Å². The monoisotopic (exact) mass is 296 g/mol. The lowest BCUT2D eigenvalue weighted by Crippen LogP contribution is -2.51. The summed E-state index contributed by atoms with van der Waals surface area (Å²) in [4.78, 5) is 13.1. The van der Waals surface area contributed by atoms with Crippen molar-refractivity contribution in [1.82, 2.24) is 5.32 Å². The second kappa shape index (κ2) is 6.42. The molecule has 2 rings (SSSR count). The minimum atomic E-state index is -0.568. The van der Waals surface area contributed by atoms with Crippen LogP contribution in [0.1, 0.15) is 71.1 Å². The van der Waals surface area contributed by atoms with Gasteiger partial charge in [0, 0.05) is 6.54 Å². The molecule has 2 aliphatic carbocycles. The number of carbonyl (C=O) groups is 1. The highest BCUT2D eigenvalue weighted by Crippen LogP contribution is 2.41. The summed E-state index contributed by atoms with van der Waals surface area (Å²) in [5.41, 5.74) is 5.68. The molecular formula is C16H28N2OS. The van der Waals surface area contributed by atoms with Gasteiger partial charge in [-0.1, -0.05) is 51.2 Å². The first-order chi connectivity index (χ1) is 9.55. The van der Waals surface area contributed by atoms with Crippen molar-refractivity contribution in [3.8, 4) is 0 Å². The van der Waals surface area contributed by atoms with E-state index in [1.165, 1.54) is 32.1 Å². The molecule has 4 heteroatoms. The first-order valence-electron chi connectivity index (χ1n) is 8.13. The lowest BCUT2D eigenvalue weighted by Gasteiger charge is -2.36. The van der Waals surface area contributed by atoms with E-state index in [1.807, 2.05) is 0 Å². The van der Waals surface area contributed by atoms with Gasteiger partial charge in [0.1, 0.15) is 0 Å². The van der Waals surface area contributed by atoms with E-state index in [9.17, 15) is 4.79 Å². The molecule has 0 radical (unpaired) electrons. The molecule has 3 nitrogen and oxygen atoms in total. The van der Waals surface area contributed by atoms with Crippen molar-refractivity contribution in [3.05, 3.63) is 0 Å². The topological polar surface area (TPSA) is 55.1 Å². The Labute approximate surface area is 128 Å². The fourth-order valence-corrected chi connectivity index (χ4v) is 4.25. The van der Waals surface area contributed by atoms with Gasteiger partial charge < -0.3 is 11.1 Å². The van der Waals surface area contributed by atoms with Crippen LogP contribution >= 0.6 is 12.2 Å². The van der Waals surface area contributed by atoms with E-state index in [-0.39, 0.29) is 5.91 Å². The second-order valence-electron chi connectivity index (χ2n) is 6.75. The van der Waals surface area contributed by atoms with Crippen molar-refractivity contribution >= 4 is 23.1 Å². The van der Waals surface area contributed by atoms with Crippen LogP contribution in [0, 0.1) is 10.8 Å². The normalized spacial score (nSPS) is 24.2. The fraction of sp³-hybridized carbons (Fsp3) is 0.875. The van der Waals surface area contributed by atoms with Crippen LogP contribution in [0.15, 0.2) is 0 Å². The molecule has 2 fully saturated rings. The van der Waals surface area contributed by atoms with Crippen molar-refractivity contribution in [1.29, 1.82) is 0 Å². The Balaban J connectivity index is 2.00. The number of carbonyl (C=O) groups excluding carboxylic acids is 1. The zero-order valence-electron chi connectivity index (χ0n) is 12.7. The van der Waals surface area contributed by atoms with Gasteiger partial charge in [0.05, 0.1) is 10.4 Å². The number of thiocarbonyl (C=S) groups is 1. The standard InChI is InChI=1S/C16H28N2OS/c1-2-15(8-6-7-9-15)12-18-14(19)16(13(17)20)10-4-3-5-11-16/h2-12H2,1H3,(H2,17,20)(H,18,19). The third-order valence-electron chi connectivity index (χ3n) is 5.65. The maximum atomic E-state index is 12.7. The van der Waals surface area contributed by atoms with Crippen LogP contribution in [0.2, 0.25) is 0 Å². The van der Waals surface area contributed by atoms with Gasteiger partial charge in [-0.3, -0.25) is 4.79 Å².